The number of hydrogen-bond donors (Lipinski definition) is 2. The van der Waals surface area contributed by atoms with E-state index in [1.807, 2.05) is 6.92 Å². The van der Waals surface area contributed by atoms with Gasteiger partial charge in [-0.1, -0.05) is 18.5 Å². The van der Waals surface area contributed by atoms with E-state index >= 15 is 0 Å². The van der Waals surface area contributed by atoms with E-state index in [4.69, 9.17) is 11.6 Å². The van der Waals surface area contributed by atoms with Crippen molar-refractivity contribution in [2.24, 2.45) is 0 Å². The summed E-state index contributed by atoms with van der Waals surface area (Å²) in [6, 6.07) is 6.81. The van der Waals surface area contributed by atoms with Gasteiger partial charge in [0.25, 0.3) is 0 Å². The summed E-state index contributed by atoms with van der Waals surface area (Å²) in [5.41, 5.74) is 0.307. The van der Waals surface area contributed by atoms with Crippen LogP contribution in [0.2, 0.25) is 5.02 Å². The Morgan fingerprint density at radius 2 is 2.09 bits per heavy atom. The van der Waals surface area contributed by atoms with Gasteiger partial charge in [-0.25, -0.2) is 10.0 Å². The van der Waals surface area contributed by atoms with Crippen molar-refractivity contribution in [1.29, 1.82) is 0 Å². The van der Waals surface area contributed by atoms with Crippen LogP contribution in [0.5, 0.6) is 0 Å². The number of halogens is 1. The summed E-state index contributed by atoms with van der Waals surface area (Å²) in [6.45, 7) is 2.06. The zero-order valence-corrected chi connectivity index (χ0v) is 12.5. The van der Waals surface area contributed by atoms with E-state index < -0.39 is 4.92 Å². The zero-order chi connectivity index (χ0) is 16.1. The van der Waals surface area contributed by atoms with Gasteiger partial charge in [0.1, 0.15) is 6.20 Å². The van der Waals surface area contributed by atoms with Gasteiger partial charge >= 0.3 is 5.69 Å². The molecule has 2 rings (SSSR count). The van der Waals surface area contributed by atoms with Crippen molar-refractivity contribution in [2.45, 2.75) is 13.3 Å². The third-order valence-corrected chi connectivity index (χ3v) is 2.98. The molecule has 2 N–H and O–H groups in total. The fourth-order valence-corrected chi connectivity index (χ4v) is 1.85. The Bertz CT molecular complexity index is 665. The minimum absolute atomic E-state index is 0.137. The van der Waals surface area contributed by atoms with Crippen LogP contribution in [0, 0.1) is 10.1 Å². The molecule has 8 nitrogen and oxygen atoms in total. The lowest BCUT2D eigenvalue weighted by Crippen LogP contribution is -2.22. The van der Waals surface area contributed by atoms with Crippen LogP contribution in [0.3, 0.4) is 0 Å². The van der Waals surface area contributed by atoms with Crippen molar-refractivity contribution in [3.8, 4) is 0 Å². The zero-order valence-electron chi connectivity index (χ0n) is 11.7. The van der Waals surface area contributed by atoms with Crippen molar-refractivity contribution in [3.05, 3.63) is 45.6 Å². The highest BCUT2D eigenvalue weighted by atomic mass is 35.5. The normalized spacial score (nSPS) is 10.3. The minimum Gasteiger partial charge on any atom is -0.324 e. The second-order valence-electron chi connectivity index (χ2n) is 4.41. The largest absolute Gasteiger partial charge is 0.331 e. The van der Waals surface area contributed by atoms with Crippen LogP contribution in [0.25, 0.3) is 0 Å². The Morgan fingerprint density at radius 3 is 2.68 bits per heavy atom. The van der Waals surface area contributed by atoms with Gasteiger partial charge in [-0.15, -0.1) is 0 Å². The highest BCUT2D eigenvalue weighted by Crippen LogP contribution is 2.26. The molecule has 0 fully saturated rings. The first-order valence-electron chi connectivity index (χ1n) is 6.51. The molecule has 0 aliphatic heterocycles. The predicted octanol–water partition coefficient (Wildman–Crippen LogP) is 3.39. The third-order valence-electron chi connectivity index (χ3n) is 2.73. The summed E-state index contributed by atoms with van der Waals surface area (Å²) in [5.74, 6) is -0.0172. The van der Waals surface area contributed by atoms with E-state index in [-0.39, 0.29) is 24.0 Å². The van der Waals surface area contributed by atoms with Gasteiger partial charge < -0.3 is 5.32 Å². The number of nitrogens with zero attached hydrogens (tertiary/aromatic N) is 4. The van der Waals surface area contributed by atoms with Crippen molar-refractivity contribution in [3.63, 3.8) is 0 Å². The minimum atomic E-state index is -0.639. The van der Waals surface area contributed by atoms with E-state index in [0.717, 1.165) is 11.3 Å². The predicted molar refractivity (Wildman–Crippen MR) is 82.8 cm³/mol. The summed E-state index contributed by atoms with van der Waals surface area (Å²) in [5, 5.41) is 25.1. The van der Waals surface area contributed by atoms with Gasteiger partial charge in [0.2, 0.25) is 11.8 Å². The lowest BCUT2D eigenvalue weighted by Gasteiger charge is -2.15. The van der Waals surface area contributed by atoms with E-state index in [2.05, 4.69) is 15.3 Å². The Balaban J connectivity index is 2.31. The number of hydrogen-bond acceptors (Lipinski definition) is 7. The summed E-state index contributed by atoms with van der Waals surface area (Å²) in [4.78, 5) is 18.2. The topological polar surface area (TPSA) is 104 Å². The first-order valence-corrected chi connectivity index (χ1v) is 6.89. The number of anilines is 3. The molecule has 0 aliphatic rings. The molecule has 0 aliphatic carbocycles. The lowest BCUT2D eigenvalue weighted by molar-refractivity contribution is -0.384. The van der Waals surface area contributed by atoms with E-state index in [1.165, 1.54) is 0 Å². The molecule has 0 unspecified atom stereocenters. The molecule has 2 aromatic rings. The summed E-state index contributed by atoms with van der Waals surface area (Å²) < 4.78 is 0. The molecule has 0 bridgehead atoms. The molecule has 1 heterocycles. The SMILES string of the molecule is CCCN(O)c1nc(Nc2ccc(Cl)cc2)ncc1[N+](=O)[O-]. The van der Waals surface area contributed by atoms with Crippen LogP contribution < -0.4 is 10.4 Å². The van der Waals surface area contributed by atoms with Gasteiger partial charge in [-0.3, -0.25) is 15.3 Å². The average Bonchev–Trinajstić information content (AvgIpc) is 2.49. The summed E-state index contributed by atoms with van der Waals surface area (Å²) >= 11 is 5.80. The number of nitro groups is 1. The quantitative estimate of drug-likeness (QED) is 0.620. The average molecular weight is 324 g/mol. The van der Waals surface area contributed by atoms with Crippen LogP contribution in [-0.4, -0.2) is 26.6 Å². The molecule has 9 heteroatoms. The Kier molecular flexibility index (Phi) is 5.08. The maximum atomic E-state index is 11.0. The van der Waals surface area contributed by atoms with E-state index in [1.54, 1.807) is 24.3 Å². The first-order chi connectivity index (χ1) is 10.5. The maximum absolute atomic E-state index is 11.0. The lowest BCUT2D eigenvalue weighted by atomic mass is 10.3. The monoisotopic (exact) mass is 323 g/mol. The third kappa shape index (κ3) is 3.80. The highest BCUT2D eigenvalue weighted by Gasteiger charge is 2.21. The van der Waals surface area contributed by atoms with Gasteiger partial charge in [-0.2, -0.15) is 4.98 Å². The smallest absolute Gasteiger partial charge is 0.324 e. The summed E-state index contributed by atoms with van der Waals surface area (Å²) in [7, 11) is 0. The molecule has 0 saturated carbocycles. The number of rotatable bonds is 6. The maximum Gasteiger partial charge on any atom is 0.331 e. The first kappa shape index (κ1) is 15.9. The Morgan fingerprint density at radius 1 is 1.41 bits per heavy atom. The molecule has 0 saturated heterocycles. The molecule has 0 amide bonds. The van der Waals surface area contributed by atoms with Crippen LogP contribution >= 0.6 is 11.6 Å². The molecule has 0 radical (unpaired) electrons. The Hall–Kier alpha value is -2.45. The molecular weight excluding hydrogens is 310 g/mol. The van der Waals surface area contributed by atoms with Gasteiger partial charge in [0.05, 0.1) is 4.92 Å². The molecule has 22 heavy (non-hydrogen) atoms. The number of hydroxylamine groups is 1. The number of benzene rings is 1. The van der Waals surface area contributed by atoms with Crippen molar-refractivity contribution < 1.29 is 10.1 Å². The van der Waals surface area contributed by atoms with Crippen LogP contribution in [0.4, 0.5) is 23.1 Å². The molecule has 1 aromatic heterocycles. The van der Waals surface area contributed by atoms with E-state index in [0.29, 0.717) is 17.1 Å². The van der Waals surface area contributed by atoms with Crippen molar-refractivity contribution in [1.82, 2.24) is 9.97 Å². The molecule has 0 atom stereocenters. The van der Waals surface area contributed by atoms with Crippen LogP contribution in [0.1, 0.15) is 13.3 Å². The fourth-order valence-electron chi connectivity index (χ4n) is 1.73. The highest BCUT2D eigenvalue weighted by molar-refractivity contribution is 6.30. The van der Waals surface area contributed by atoms with Crippen molar-refractivity contribution >= 4 is 34.7 Å². The fraction of sp³-hybridized carbons (Fsp3) is 0.231. The van der Waals surface area contributed by atoms with Gasteiger partial charge in [0.15, 0.2) is 0 Å². The molecular formula is C13H14ClN5O3. The van der Waals surface area contributed by atoms with Gasteiger partial charge in [-0.05, 0) is 30.7 Å². The summed E-state index contributed by atoms with van der Waals surface area (Å²) in [6.07, 6.45) is 1.66. The van der Waals surface area contributed by atoms with Crippen LogP contribution in [-0.2, 0) is 0 Å². The number of nitrogens with one attached hydrogen (secondary N) is 1. The molecule has 116 valence electrons. The van der Waals surface area contributed by atoms with Crippen molar-refractivity contribution in [2.75, 3.05) is 16.9 Å². The second kappa shape index (κ2) is 7.01. The standard InChI is InChI=1S/C13H14ClN5O3/c1-2-7-18(20)12-11(19(21)22)8-15-13(17-12)16-10-5-3-9(14)4-6-10/h3-6,8,20H,2,7H2,1H3,(H,15,16,17). The van der Waals surface area contributed by atoms with E-state index in [9.17, 15) is 15.3 Å². The molecule has 1 aromatic carbocycles. The number of aromatic nitrogens is 2. The Labute approximate surface area is 131 Å². The second-order valence-corrected chi connectivity index (χ2v) is 4.85. The molecule has 0 spiro atoms. The van der Waals surface area contributed by atoms with Crippen LogP contribution in [0.15, 0.2) is 30.5 Å². The van der Waals surface area contributed by atoms with Gasteiger partial charge in [0, 0.05) is 17.3 Å².